The molecule has 1 atom stereocenters. The van der Waals surface area contributed by atoms with Crippen LogP contribution in [0.25, 0.3) is 0 Å². The van der Waals surface area contributed by atoms with Crippen molar-refractivity contribution < 1.29 is 14.3 Å². The maximum absolute atomic E-state index is 12.7. The van der Waals surface area contributed by atoms with Gasteiger partial charge in [0.05, 0.1) is 14.2 Å². The third-order valence-electron chi connectivity index (χ3n) is 5.71. The molecular formula is C24H40N4O3. The highest BCUT2D eigenvalue weighted by atomic mass is 16.5. The van der Waals surface area contributed by atoms with Crippen LogP contribution in [0.1, 0.15) is 57.6 Å². The average Bonchev–Trinajstić information content (AvgIpc) is 2.77. The van der Waals surface area contributed by atoms with Crippen LogP contribution in [0.2, 0.25) is 0 Å². The third-order valence-corrected chi connectivity index (χ3v) is 5.71. The molecular weight excluding hydrogens is 392 g/mol. The minimum Gasteiger partial charge on any atom is -0.493 e. The number of ether oxygens (including phenoxy) is 2. The number of nitrogens with zero attached hydrogens (tertiary/aromatic N) is 2. The monoisotopic (exact) mass is 432 g/mol. The Morgan fingerprint density at radius 1 is 1.13 bits per heavy atom. The zero-order valence-corrected chi connectivity index (χ0v) is 20.1. The Balaban J connectivity index is 1.77. The fourth-order valence-electron chi connectivity index (χ4n) is 3.78. The van der Waals surface area contributed by atoms with E-state index in [1.54, 1.807) is 21.3 Å². The molecule has 0 saturated heterocycles. The normalized spacial score (nSPS) is 14.8. The van der Waals surface area contributed by atoms with Crippen molar-refractivity contribution in [2.24, 2.45) is 10.9 Å². The molecule has 0 fully saturated rings. The molecule has 2 rings (SSSR count). The molecule has 0 radical (unpaired) electrons. The molecule has 7 heteroatoms. The van der Waals surface area contributed by atoms with Crippen molar-refractivity contribution in [3.05, 3.63) is 23.3 Å². The van der Waals surface area contributed by atoms with Gasteiger partial charge in [-0.25, -0.2) is 0 Å². The number of guanidine groups is 1. The van der Waals surface area contributed by atoms with E-state index in [0.717, 1.165) is 49.6 Å². The predicted molar refractivity (Wildman–Crippen MR) is 126 cm³/mol. The molecule has 0 saturated carbocycles. The summed E-state index contributed by atoms with van der Waals surface area (Å²) in [6.07, 6.45) is 4.44. The maximum Gasteiger partial charge on any atom is 0.222 e. The van der Waals surface area contributed by atoms with Crippen molar-refractivity contribution >= 4 is 11.9 Å². The van der Waals surface area contributed by atoms with Crippen LogP contribution in [0, 0.1) is 5.92 Å². The van der Waals surface area contributed by atoms with Crippen LogP contribution in [-0.2, 0) is 17.8 Å². The van der Waals surface area contributed by atoms with Gasteiger partial charge in [0.1, 0.15) is 0 Å². The molecule has 2 N–H and O–H groups in total. The van der Waals surface area contributed by atoms with E-state index < -0.39 is 0 Å². The summed E-state index contributed by atoms with van der Waals surface area (Å²) in [5.41, 5.74) is 2.36. The van der Waals surface area contributed by atoms with Crippen LogP contribution < -0.4 is 20.1 Å². The number of hydrogen-bond donors (Lipinski definition) is 2. The number of nitrogens with one attached hydrogen (secondary N) is 2. The van der Waals surface area contributed by atoms with Gasteiger partial charge >= 0.3 is 0 Å². The summed E-state index contributed by atoms with van der Waals surface area (Å²) in [5, 5.41) is 6.75. The molecule has 7 nitrogen and oxygen atoms in total. The summed E-state index contributed by atoms with van der Waals surface area (Å²) in [6, 6.07) is 4.39. The van der Waals surface area contributed by atoms with Crippen LogP contribution in [0.15, 0.2) is 17.1 Å². The van der Waals surface area contributed by atoms with Crippen LogP contribution in [-0.4, -0.2) is 57.2 Å². The van der Waals surface area contributed by atoms with E-state index in [1.165, 1.54) is 12.0 Å². The van der Waals surface area contributed by atoms with Gasteiger partial charge in [0, 0.05) is 39.1 Å². The topological polar surface area (TPSA) is 75.2 Å². The minimum absolute atomic E-state index is 0.190. The van der Waals surface area contributed by atoms with Crippen molar-refractivity contribution in [2.45, 2.75) is 65.5 Å². The minimum atomic E-state index is 0.190. The first-order chi connectivity index (χ1) is 14.9. The van der Waals surface area contributed by atoms with E-state index in [9.17, 15) is 4.79 Å². The van der Waals surface area contributed by atoms with Gasteiger partial charge < -0.3 is 25.0 Å². The largest absolute Gasteiger partial charge is 0.493 e. The molecule has 1 aromatic carbocycles. The van der Waals surface area contributed by atoms with Gasteiger partial charge in [-0.15, -0.1) is 0 Å². The first-order valence-electron chi connectivity index (χ1n) is 11.4. The molecule has 1 amide bonds. The van der Waals surface area contributed by atoms with Crippen LogP contribution >= 0.6 is 0 Å². The highest BCUT2D eigenvalue weighted by molar-refractivity contribution is 5.80. The number of carbonyl (C=O) groups is 1. The highest BCUT2D eigenvalue weighted by Gasteiger charge is 2.22. The Bertz CT molecular complexity index is 749. The predicted octanol–water partition coefficient (Wildman–Crippen LogP) is 3.36. The van der Waals surface area contributed by atoms with Crippen molar-refractivity contribution in [2.75, 3.05) is 34.4 Å². The fourth-order valence-corrected chi connectivity index (χ4v) is 3.78. The summed E-state index contributed by atoms with van der Waals surface area (Å²) in [4.78, 5) is 19.0. The van der Waals surface area contributed by atoms with Gasteiger partial charge in [-0.2, -0.15) is 0 Å². The molecule has 1 unspecified atom stereocenters. The fraction of sp³-hybridized carbons (Fsp3) is 0.667. The van der Waals surface area contributed by atoms with Gasteiger partial charge in [0.25, 0.3) is 0 Å². The van der Waals surface area contributed by atoms with E-state index in [1.807, 2.05) is 17.0 Å². The second-order valence-corrected chi connectivity index (χ2v) is 8.66. The smallest absolute Gasteiger partial charge is 0.222 e. The number of hydrogen-bond acceptors (Lipinski definition) is 4. The number of fused-ring (bicyclic) bond motifs is 1. The van der Waals surface area contributed by atoms with E-state index in [0.29, 0.717) is 30.7 Å². The Hall–Kier alpha value is -2.44. The number of rotatable bonds is 10. The Morgan fingerprint density at radius 2 is 1.81 bits per heavy atom. The molecule has 174 valence electrons. The first kappa shape index (κ1) is 24.8. The van der Waals surface area contributed by atoms with E-state index in [-0.39, 0.29) is 5.91 Å². The number of benzene rings is 1. The SMILES string of the molecule is CN=C(NCCCC(=O)N1CCc2cc(OC)c(OC)cc2C1)NC(C)CCC(C)C. The van der Waals surface area contributed by atoms with Crippen LogP contribution in [0.4, 0.5) is 0 Å². The zero-order valence-electron chi connectivity index (χ0n) is 20.1. The Morgan fingerprint density at radius 3 is 2.42 bits per heavy atom. The number of carbonyl (C=O) groups excluding carboxylic acids is 1. The van der Waals surface area contributed by atoms with Crippen LogP contribution in [0.5, 0.6) is 11.5 Å². The van der Waals surface area contributed by atoms with Crippen molar-refractivity contribution in [1.82, 2.24) is 15.5 Å². The van der Waals surface area contributed by atoms with E-state index >= 15 is 0 Å². The Kier molecular flexibility index (Phi) is 9.95. The van der Waals surface area contributed by atoms with Crippen molar-refractivity contribution in [3.63, 3.8) is 0 Å². The molecule has 0 aromatic heterocycles. The summed E-state index contributed by atoms with van der Waals surface area (Å²) in [5.74, 6) is 3.15. The van der Waals surface area contributed by atoms with Gasteiger partial charge in [-0.1, -0.05) is 13.8 Å². The number of aliphatic imine (C=N–C) groups is 1. The average molecular weight is 433 g/mol. The summed E-state index contributed by atoms with van der Waals surface area (Å²) < 4.78 is 10.8. The molecule has 1 aliphatic heterocycles. The molecule has 31 heavy (non-hydrogen) atoms. The van der Waals surface area contributed by atoms with Crippen molar-refractivity contribution in [1.29, 1.82) is 0 Å². The lowest BCUT2D eigenvalue weighted by atomic mass is 9.98. The molecule has 1 aliphatic rings. The highest BCUT2D eigenvalue weighted by Crippen LogP contribution is 2.33. The number of methoxy groups -OCH3 is 2. The van der Waals surface area contributed by atoms with Gasteiger partial charge in [0.2, 0.25) is 5.91 Å². The second-order valence-electron chi connectivity index (χ2n) is 8.66. The zero-order chi connectivity index (χ0) is 22.8. The summed E-state index contributed by atoms with van der Waals surface area (Å²) in [6.45, 7) is 8.75. The molecule has 1 aromatic rings. The molecule has 1 heterocycles. The maximum atomic E-state index is 12.7. The summed E-state index contributed by atoms with van der Waals surface area (Å²) in [7, 11) is 5.06. The third kappa shape index (κ3) is 7.64. The quantitative estimate of drug-likeness (QED) is 0.337. The van der Waals surface area contributed by atoms with Crippen molar-refractivity contribution in [3.8, 4) is 11.5 Å². The Labute approximate surface area is 187 Å². The lowest BCUT2D eigenvalue weighted by molar-refractivity contribution is -0.132. The van der Waals surface area contributed by atoms with E-state index in [2.05, 4.69) is 36.4 Å². The van der Waals surface area contributed by atoms with Crippen LogP contribution in [0.3, 0.4) is 0 Å². The van der Waals surface area contributed by atoms with Gasteiger partial charge in [-0.3, -0.25) is 9.79 Å². The van der Waals surface area contributed by atoms with Gasteiger partial charge in [-0.05, 0) is 61.8 Å². The molecule has 0 spiro atoms. The first-order valence-corrected chi connectivity index (χ1v) is 11.4. The second kappa shape index (κ2) is 12.4. The summed E-state index contributed by atoms with van der Waals surface area (Å²) >= 11 is 0. The lowest BCUT2D eigenvalue weighted by Gasteiger charge is -2.29. The lowest BCUT2D eigenvalue weighted by Crippen LogP contribution is -2.43. The number of amides is 1. The van der Waals surface area contributed by atoms with E-state index in [4.69, 9.17) is 9.47 Å². The standard InChI is InChI=1S/C24H40N4O3/c1-17(2)9-10-18(3)27-24(25-4)26-12-7-8-23(29)28-13-11-19-14-21(30-5)22(31-6)15-20(19)16-28/h14-15,17-18H,7-13,16H2,1-6H3,(H2,25,26,27). The molecule has 0 aliphatic carbocycles. The van der Waals surface area contributed by atoms with Gasteiger partial charge in [0.15, 0.2) is 17.5 Å². The molecule has 0 bridgehead atoms.